The lowest BCUT2D eigenvalue weighted by atomic mass is 9.64. The average molecular weight is 280 g/mol. The van der Waals surface area contributed by atoms with E-state index < -0.39 is 30.3 Å². The van der Waals surface area contributed by atoms with Crippen LogP contribution in [0.2, 0.25) is 5.82 Å². The Labute approximate surface area is 115 Å². The second-order valence-electron chi connectivity index (χ2n) is 4.78. The van der Waals surface area contributed by atoms with E-state index in [1.165, 1.54) is 6.07 Å². The van der Waals surface area contributed by atoms with Crippen LogP contribution < -0.4 is 4.65 Å². The summed E-state index contributed by atoms with van der Waals surface area (Å²) in [4.78, 5) is 22.5. The number of rotatable bonds is 4. The molecule has 1 heterocycles. The Morgan fingerprint density at radius 3 is 2.80 bits per heavy atom. The number of carboxylic acids is 1. The minimum Gasteiger partial charge on any atom is -0.535 e. The average Bonchev–Trinajstić information content (AvgIpc) is 2.39. The number of carboxylic acid groups (broad SMARTS) is 1. The first kappa shape index (κ1) is 14.5. The van der Waals surface area contributed by atoms with Crippen molar-refractivity contribution in [2.24, 2.45) is 0 Å². The number of benzene rings is 1. The molecule has 0 radical (unpaired) electrons. The summed E-state index contributed by atoms with van der Waals surface area (Å²) in [6, 6.07) is 2.48. The molecule has 0 aromatic heterocycles. The summed E-state index contributed by atoms with van der Waals surface area (Å²) < 4.78 is 18.7. The van der Waals surface area contributed by atoms with Crippen LogP contribution in [0.15, 0.2) is 12.1 Å². The van der Waals surface area contributed by atoms with Crippen LogP contribution in [0.25, 0.3) is 0 Å². The Hall–Kier alpha value is -1.89. The lowest BCUT2D eigenvalue weighted by Gasteiger charge is -2.28. The molecular formula is C13H14BFO5. The van der Waals surface area contributed by atoms with Gasteiger partial charge in [0.1, 0.15) is 22.9 Å². The Kier molecular flexibility index (Phi) is 4.08. The topological polar surface area (TPSA) is 83.8 Å². The van der Waals surface area contributed by atoms with Crippen LogP contribution >= 0.6 is 0 Å². The second-order valence-corrected chi connectivity index (χ2v) is 4.78. The Morgan fingerprint density at radius 2 is 2.20 bits per heavy atom. The van der Waals surface area contributed by atoms with Gasteiger partial charge in [-0.05, 0) is 18.1 Å². The van der Waals surface area contributed by atoms with Crippen LogP contribution in [0.5, 0.6) is 5.75 Å². The fourth-order valence-corrected chi connectivity index (χ4v) is 2.31. The van der Waals surface area contributed by atoms with Crippen LogP contribution in [0.3, 0.4) is 0 Å². The van der Waals surface area contributed by atoms with Gasteiger partial charge in [-0.3, -0.25) is 4.79 Å². The molecule has 1 aromatic rings. The highest BCUT2D eigenvalue weighted by Crippen LogP contribution is 2.37. The summed E-state index contributed by atoms with van der Waals surface area (Å²) in [6.45, 7) is 1.73. The third-order valence-corrected chi connectivity index (χ3v) is 3.41. The van der Waals surface area contributed by atoms with Crippen LogP contribution in [-0.2, 0) is 11.2 Å². The van der Waals surface area contributed by atoms with Crippen molar-refractivity contribution in [1.82, 2.24) is 0 Å². The van der Waals surface area contributed by atoms with Gasteiger partial charge < -0.3 is 14.8 Å². The zero-order chi connectivity index (χ0) is 14.9. The maximum atomic E-state index is 13.5. The van der Waals surface area contributed by atoms with Gasteiger partial charge in [0.2, 0.25) is 0 Å². The number of fused-ring (bicyclic) bond motifs is 1. The largest absolute Gasteiger partial charge is 0.535 e. The first-order valence-electron chi connectivity index (χ1n) is 6.35. The molecular weight excluding hydrogens is 266 g/mol. The summed E-state index contributed by atoms with van der Waals surface area (Å²) in [5.41, 5.74) is -0.0928. The molecule has 1 atom stereocenters. The summed E-state index contributed by atoms with van der Waals surface area (Å²) in [7, 11) is -1.31. The number of halogens is 1. The van der Waals surface area contributed by atoms with Crippen molar-refractivity contribution in [3.63, 3.8) is 0 Å². The van der Waals surface area contributed by atoms with Gasteiger partial charge in [0.15, 0.2) is 0 Å². The standard InChI is InChI=1S/C13H14BFO5/c1-2-9(16)6-8-5-7-3-4-10(15)11(13(17)18)12(7)20-14(8)19/h3-4,8,19H,2,5-6H2,1H3,(H,17,18)/t8-/m1/s1. The number of ketones is 1. The molecule has 1 aromatic carbocycles. The van der Waals surface area contributed by atoms with Crippen LogP contribution in [-0.4, -0.2) is 29.0 Å². The number of Topliss-reactive ketones (excluding diaryl/α,β-unsaturated/α-hetero) is 1. The quantitative estimate of drug-likeness (QED) is 0.820. The molecule has 0 fully saturated rings. The van der Waals surface area contributed by atoms with Gasteiger partial charge in [0.05, 0.1) is 0 Å². The maximum Gasteiger partial charge on any atom is 0.526 e. The van der Waals surface area contributed by atoms with E-state index in [4.69, 9.17) is 9.76 Å². The highest BCUT2D eigenvalue weighted by atomic mass is 19.1. The molecule has 0 amide bonds. The predicted octanol–water partition coefficient (Wildman–Crippen LogP) is 1.68. The van der Waals surface area contributed by atoms with Crippen molar-refractivity contribution >= 4 is 18.9 Å². The number of hydrogen-bond donors (Lipinski definition) is 2. The molecule has 2 rings (SSSR count). The van der Waals surface area contributed by atoms with Gasteiger partial charge in [-0.25, -0.2) is 9.18 Å². The molecule has 2 N–H and O–H groups in total. The molecule has 0 saturated heterocycles. The third-order valence-electron chi connectivity index (χ3n) is 3.41. The van der Waals surface area contributed by atoms with Gasteiger partial charge in [-0.1, -0.05) is 13.0 Å². The van der Waals surface area contributed by atoms with E-state index in [2.05, 4.69) is 0 Å². The minimum absolute atomic E-state index is 0.0123. The van der Waals surface area contributed by atoms with Crippen molar-refractivity contribution in [2.45, 2.75) is 32.0 Å². The summed E-state index contributed by atoms with van der Waals surface area (Å²) in [5, 5.41) is 18.9. The first-order valence-corrected chi connectivity index (χ1v) is 6.35. The Bertz CT molecular complexity index is 560. The molecule has 1 aliphatic heterocycles. The Morgan fingerprint density at radius 1 is 1.50 bits per heavy atom. The smallest absolute Gasteiger partial charge is 0.526 e. The van der Waals surface area contributed by atoms with E-state index in [-0.39, 0.29) is 24.4 Å². The molecule has 0 aliphatic carbocycles. The summed E-state index contributed by atoms with van der Waals surface area (Å²) >= 11 is 0. The zero-order valence-electron chi connectivity index (χ0n) is 10.9. The molecule has 0 spiro atoms. The van der Waals surface area contributed by atoms with E-state index in [0.29, 0.717) is 12.0 Å². The molecule has 20 heavy (non-hydrogen) atoms. The van der Waals surface area contributed by atoms with Crippen LogP contribution in [0.1, 0.15) is 35.7 Å². The molecule has 7 heteroatoms. The van der Waals surface area contributed by atoms with Gasteiger partial charge in [-0.2, -0.15) is 0 Å². The zero-order valence-corrected chi connectivity index (χ0v) is 10.9. The fraction of sp³-hybridized carbons (Fsp3) is 0.385. The van der Waals surface area contributed by atoms with Crippen LogP contribution in [0.4, 0.5) is 4.39 Å². The number of hydrogen-bond acceptors (Lipinski definition) is 4. The lowest BCUT2D eigenvalue weighted by molar-refractivity contribution is -0.118. The Balaban J connectivity index is 2.34. The fourth-order valence-electron chi connectivity index (χ4n) is 2.31. The molecule has 5 nitrogen and oxygen atoms in total. The van der Waals surface area contributed by atoms with Crippen LogP contribution in [0, 0.1) is 5.82 Å². The van der Waals surface area contributed by atoms with Crippen molar-refractivity contribution in [3.05, 3.63) is 29.1 Å². The van der Waals surface area contributed by atoms with Crippen molar-refractivity contribution in [2.75, 3.05) is 0 Å². The number of aromatic carboxylic acids is 1. The van der Waals surface area contributed by atoms with Gasteiger partial charge >= 0.3 is 13.1 Å². The molecule has 106 valence electrons. The molecule has 1 aliphatic rings. The number of carbonyl (C=O) groups excluding carboxylic acids is 1. The van der Waals surface area contributed by atoms with Crippen molar-refractivity contribution in [3.8, 4) is 5.75 Å². The predicted molar refractivity (Wildman–Crippen MR) is 69.3 cm³/mol. The lowest BCUT2D eigenvalue weighted by Crippen LogP contribution is -2.36. The normalized spacial score (nSPS) is 17.4. The van der Waals surface area contributed by atoms with E-state index in [9.17, 15) is 19.0 Å². The highest BCUT2D eigenvalue weighted by molar-refractivity contribution is 6.47. The minimum atomic E-state index is -1.45. The van der Waals surface area contributed by atoms with Gasteiger partial charge in [0.25, 0.3) is 0 Å². The summed E-state index contributed by atoms with van der Waals surface area (Å²) in [5.74, 6) is -2.96. The first-order chi connectivity index (χ1) is 9.43. The number of carbonyl (C=O) groups is 2. The highest BCUT2D eigenvalue weighted by Gasteiger charge is 2.38. The summed E-state index contributed by atoms with van der Waals surface area (Å²) in [6.07, 6.45) is 0.791. The van der Waals surface area contributed by atoms with Gasteiger partial charge in [0, 0.05) is 18.7 Å². The molecule has 0 unspecified atom stereocenters. The van der Waals surface area contributed by atoms with Gasteiger partial charge in [-0.15, -0.1) is 0 Å². The van der Waals surface area contributed by atoms with E-state index >= 15 is 0 Å². The molecule has 0 saturated carbocycles. The maximum absolute atomic E-state index is 13.5. The second kappa shape index (κ2) is 5.62. The SMILES string of the molecule is CCC(=O)C[C@H]1Cc2ccc(F)c(C(=O)O)c2OB1O. The van der Waals surface area contributed by atoms with Crippen molar-refractivity contribution < 1.29 is 28.8 Å². The monoisotopic (exact) mass is 280 g/mol. The van der Waals surface area contributed by atoms with Crippen molar-refractivity contribution in [1.29, 1.82) is 0 Å². The van der Waals surface area contributed by atoms with E-state index in [1.807, 2.05) is 0 Å². The third kappa shape index (κ3) is 2.67. The van der Waals surface area contributed by atoms with E-state index in [1.54, 1.807) is 6.92 Å². The molecule has 0 bridgehead atoms. The van der Waals surface area contributed by atoms with E-state index in [0.717, 1.165) is 6.07 Å².